The van der Waals surface area contributed by atoms with Crippen molar-refractivity contribution in [2.75, 3.05) is 17.8 Å². The fourth-order valence-corrected chi connectivity index (χ4v) is 2.90. The third-order valence-electron chi connectivity index (χ3n) is 3.95. The topological polar surface area (TPSA) is 97.8 Å². The van der Waals surface area contributed by atoms with E-state index < -0.39 is 0 Å². The molecule has 0 aliphatic heterocycles. The molecule has 0 saturated carbocycles. The predicted octanol–water partition coefficient (Wildman–Crippen LogP) is 4.86. The standard InChI is InChI=1S/C19H16Cl2N6O2/c1-11-2-4-13(9-22-11)29-15-5-3-12(8-14(15)21)25-17-16-18(24-10-23-17)26-27-19(16)28-7-6-20/h2-5,8-10H,6-7H2,1H3,(H2,23,24,25,26,27). The maximum atomic E-state index is 6.40. The van der Waals surface area contributed by atoms with Crippen LogP contribution < -0.4 is 14.8 Å². The Morgan fingerprint density at radius 3 is 2.79 bits per heavy atom. The minimum atomic E-state index is 0.321. The predicted molar refractivity (Wildman–Crippen MR) is 112 cm³/mol. The summed E-state index contributed by atoms with van der Waals surface area (Å²) in [5, 5.41) is 11.2. The van der Waals surface area contributed by atoms with E-state index in [9.17, 15) is 0 Å². The summed E-state index contributed by atoms with van der Waals surface area (Å²) >= 11 is 12.1. The summed E-state index contributed by atoms with van der Waals surface area (Å²) in [5.41, 5.74) is 2.17. The molecule has 0 bridgehead atoms. The van der Waals surface area contributed by atoms with Gasteiger partial charge in [-0.1, -0.05) is 11.6 Å². The number of nitrogens with one attached hydrogen (secondary N) is 2. The van der Waals surface area contributed by atoms with Gasteiger partial charge in [0.2, 0.25) is 5.88 Å². The fourth-order valence-electron chi connectivity index (χ4n) is 2.61. The fraction of sp³-hybridized carbons (Fsp3) is 0.158. The van der Waals surface area contributed by atoms with Gasteiger partial charge in [0.1, 0.15) is 35.6 Å². The van der Waals surface area contributed by atoms with Gasteiger partial charge in [-0.25, -0.2) is 9.97 Å². The Kier molecular flexibility index (Phi) is 5.64. The van der Waals surface area contributed by atoms with E-state index in [1.807, 2.05) is 25.1 Å². The third-order valence-corrected chi connectivity index (χ3v) is 4.40. The summed E-state index contributed by atoms with van der Waals surface area (Å²) in [6.07, 6.45) is 3.08. The van der Waals surface area contributed by atoms with Crippen LogP contribution in [0.15, 0.2) is 42.9 Å². The van der Waals surface area contributed by atoms with Crippen LogP contribution in [-0.4, -0.2) is 37.6 Å². The van der Waals surface area contributed by atoms with E-state index in [2.05, 4.69) is 30.5 Å². The van der Waals surface area contributed by atoms with Crippen LogP contribution in [0.25, 0.3) is 11.0 Å². The zero-order valence-corrected chi connectivity index (χ0v) is 16.8. The van der Waals surface area contributed by atoms with E-state index in [1.165, 1.54) is 6.33 Å². The second-order valence-corrected chi connectivity index (χ2v) is 6.80. The molecule has 0 aliphatic carbocycles. The number of hydrogen-bond acceptors (Lipinski definition) is 7. The highest BCUT2D eigenvalue weighted by Crippen LogP contribution is 2.34. The first-order chi connectivity index (χ1) is 14.1. The molecular formula is C19H16Cl2N6O2. The van der Waals surface area contributed by atoms with E-state index in [0.717, 1.165) is 5.69 Å². The first kappa shape index (κ1) is 19.2. The van der Waals surface area contributed by atoms with Gasteiger partial charge in [-0.2, -0.15) is 0 Å². The van der Waals surface area contributed by atoms with Crippen molar-refractivity contribution in [1.82, 2.24) is 25.1 Å². The number of aryl methyl sites for hydroxylation is 1. The Labute approximate surface area is 176 Å². The Morgan fingerprint density at radius 2 is 2.03 bits per heavy atom. The van der Waals surface area contributed by atoms with Crippen LogP contribution in [0.2, 0.25) is 5.02 Å². The van der Waals surface area contributed by atoms with Gasteiger partial charge in [0.15, 0.2) is 5.65 Å². The molecule has 3 heterocycles. The minimum absolute atomic E-state index is 0.321. The van der Waals surface area contributed by atoms with Crippen molar-refractivity contribution < 1.29 is 9.47 Å². The minimum Gasteiger partial charge on any atom is -0.475 e. The average Bonchev–Trinajstić information content (AvgIpc) is 3.14. The molecule has 10 heteroatoms. The number of fused-ring (bicyclic) bond motifs is 1. The molecule has 3 aromatic heterocycles. The van der Waals surface area contributed by atoms with Crippen molar-refractivity contribution in [1.29, 1.82) is 0 Å². The number of alkyl halides is 1. The van der Waals surface area contributed by atoms with Crippen molar-refractivity contribution in [2.24, 2.45) is 0 Å². The van der Waals surface area contributed by atoms with E-state index >= 15 is 0 Å². The van der Waals surface area contributed by atoms with E-state index in [4.69, 9.17) is 32.7 Å². The molecule has 0 fully saturated rings. The zero-order valence-electron chi connectivity index (χ0n) is 15.3. The summed E-state index contributed by atoms with van der Waals surface area (Å²) in [6, 6.07) is 9.04. The van der Waals surface area contributed by atoms with Crippen LogP contribution in [0.4, 0.5) is 11.5 Å². The Balaban J connectivity index is 1.57. The first-order valence-electron chi connectivity index (χ1n) is 8.69. The van der Waals surface area contributed by atoms with Crippen LogP contribution in [0.1, 0.15) is 5.69 Å². The molecule has 0 amide bonds. The number of H-pyrrole nitrogens is 1. The number of aromatic nitrogens is 5. The largest absolute Gasteiger partial charge is 0.475 e. The molecule has 148 valence electrons. The molecule has 29 heavy (non-hydrogen) atoms. The normalized spacial score (nSPS) is 10.9. The van der Waals surface area contributed by atoms with Gasteiger partial charge in [0.05, 0.1) is 17.1 Å². The van der Waals surface area contributed by atoms with Gasteiger partial charge in [-0.3, -0.25) is 10.1 Å². The molecule has 0 saturated heterocycles. The SMILES string of the molecule is Cc1ccc(Oc2ccc(Nc3ncnc4[nH]nc(OCCCl)c34)cc2Cl)cn1. The number of aromatic amines is 1. The average molecular weight is 431 g/mol. The molecule has 0 spiro atoms. The van der Waals surface area contributed by atoms with Gasteiger partial charge in [-0.05, 0) is 37.3 Å². The Bertz CT molecular complexity index is 1130. The van der Waals surface area contributed by atoms with Crippen LogP contribution >= 0.6 is 23.2 Å². The first-order valence-corrected chi connectivity index (χ1v) is 9.60. The lowest BCUT2D eigenvalue weighted by Gasteiger charge is -2.11. The van der Waals surface area contributed by atoms with Gasteiger partial charge >= 0.3 is 0 Å². The van der Waals surface area contributed by atoms with E-state index in [1.54, 1.807) is 18.3 Å². The van der Waals surface area contributed by atoms with Gasteiger partial charge in [-0.15, -0.1) is 16.7 Å². The molecule has 4 aromatic rings. The summed E-state index contributed by atoms with van der Waals surface area (Å²) < 4.78 is 11.4. The maximum Gasteiger partial charge on any atom is 0.246 e. The molecule has 0 aliphatic rings. The number of rotatable bonds is 7. The summed E-state index contributed by atoms with van der Waals surface area (Å²) in [5.74, 6) is 2.38. The van der Waals surface area contributed by atoms with Crippen molar-refractivity contribution in [3.63, 3.8) is 0 Å². The lowest BCUT2D eigenvalue weighted by molar-refractivity contribution is 0.332. The highest BCUT2D eigenvalue weighted by atomic mass is 35.5. The number of benzene rings is 1. The molecular weight excluding hydrogens is 415 g/mol. The maximum absolute atomic E-state index is 6.40. The highest BCUT2D eigenvalue weighted by molar-refractivity contribution is 6.32. The molecule has 0 unspecified atom stereocenters. The van der Waals surface area contributed by atoms with Crippen LogP contribution in [0, 0.1) is 6.92 Å². The number of halogens is 2. The number of anilines is 2. The third kappa shape index (κ3) is 4.33. The van der Waals surface area contributed by atoms with Gasteiger partial charge in [0, 0.05) is 11.4 Å². The monoisotopic (exact) mass is 430 g/mol. The van der Waals surface area contributed by atoms with E-state index in [-0.39, 0.29) is 0 Å². The lowest BCUT2D eigenvalue weighted by atomic mass is 10.3. The number of hydrogen-bond donors (Lipinski definition) is 2. The molecule has 2 N–H and O–H groups in total. The van der Waals surface area contributed by atoms with Crippen LogP contribution in [-0.2, 0) is 0 Å². The molecule has 4 rings (SSSR count). The number of pyridine rings is 1. The van der Waals surface area contributed by atoms with Crippen molar-refractivity contribution in [3.8, 4) is 17.4 Å². The number of ether oxygens (including phenoxy) is 2. The second-order valence-electron chi connectivity index (χ2n) is 6.02. The lowest BCUT2D eigenvalue weighted by Crippen LogP contribution is -2.00. The molecule has 1 aromatic carbocycles. The second kappa shape index (κ2) is 8.50. The smallest absolute Gasteiger partial charge is 0.246 e. The van der Waals surface area contributed by atoms with Crippen molar-refractivity contribution >= 4 is 45.7 Å². The quantitative estimate of drug-likeness (QED) is 0.403. The highest BCUT2D eigenvalue weighted by Gasteiger charge is 2.15. The van der Waals surface area contributed by atoms with Crippen molar-refractivity contribution in [2.45, 2.75) is 6.92 Å². The summed E-state index contributed by atoms with van der Waals surface area (Å²) in [7, 11) is 0. The van der Waals surface area contributed by atoms with E-state index in [0.29, 0.717) is 57.4 Å². The molecule has 0 atom stereocenters. The number of nitrogens with zero attached hydrogens (tertiary/aromatic N) is 4. The summed E-state index contributed by atoms with van der Waals surface area (Å²) in [4.78, 5) is 12.7. The Morgan fingerprint density at radius 1 is 1.14 bits per heavy atom. The van der Waals surface area contributed by atoms with Gasteiger partial charge in [0.25, 0.3) is 0 Å². The molecule has 0 radical (unpaired) electrons. The van der Waals surface area contributed by atoms with Crippen LogP contribution in [0.3, 0.4) is 0 Å². The van der Waals surface area contributed by atoms with Gasteiger partial charge < -0.3 is 14.8 Å². The zero-order chi connectivity index (χ0) is 20.2. The molecule has 8 nitrogen and oxygen atoms in total. The van der Waals surface area contributed by atoms with Crippen LogP contribution in [0.5, 0.6) is 17.4 Å². The Hall–Kier alpha value is -3.10. The van der Waals surface area contributed by atoms with Crippen molar-refractivity contribution in [3.05, 3.63) is 53.6 Å². The summed E-state index contributed by atoms with van der Waals surface area (Å²) in [6.45, 7) is 2.23.